The highest BCUT2D eigenvalue weighted by molar-refractivity contribution is 7.99. The maximum atomic E-state index is 11.8. The number of carbonyl (C=O) groups is 1. The van der Waals surface area contributed by atoms with Crippen molar-refractivity contribution in [2.45, 2.75) is 62.4 Å². The lowest BCUT2D eigenvalue weighted by molar-refractivity contribution is -0.123. The number of thioether (sulfide) groups is 1. The van der Waals surface area contributed by atoms with Crippen LogP contribution in [0.25, 0.3) is 0 Å². The first-order valence-electron chi connectivity index (χ1n) is 6.28. The van der Waals surface area contributed by atoms with Crippen molar-refractivity contribution in [2.24, 2.45) is 0 Å². The number of carbonyl (C=O) groups excluding carboxylic acids is 1. The molecule has 4 heteroatoms. The molecule has 0 aromatic heterocycles. The summed E-state index contributed by atoms with van der Waals surface area (Å²) in [6, 6.07) is 0.975. The molecular formula is C12H22N2OS. The van der Waals surface area contributed by atoms with Crippen LogP contribution in [0.4, 0.5) is 0 Å². The summed E-state index contributed by atoms with van der Waals surface area (Å²) in [4.78, 5) is 11.8. The van der Waals surface area contributed by atoms with Crippen LogP contribution in [0.5, 0.6) is 0 Å². The van der Waals surface area contributed by atoms with E-state index < -0.39 is 0 Å². The first kappa shape index (κ1) is 12.2. The van der Waals surface area contributed by atoms with Gasteiger partial charge in [0.15, 0.2) is 0 Å². The fraction of sp³-hybridized carbons (Fsp3) is 0.917. The molecule has 92 valence electrons. The number of rotatable bonds is 5. The highest BCUT2D eigenvalue weighted by Gasteiger charge is 2.29. The van der Waals surface area contributed by atoms with Gasteiger partial charge in [-0.15, -0.1) is 0 Å². The normalized spacial score (nSPS) is 31.4. The van der Waals surface area contributed by atoms with Crippen molar-refractivity contribution < 1.29 is 4.79 Å². The third kappa shape index (κ3) is 3.39. The molecule has 0 aliphatic heterocycles. The second kappa shape index (κ2) is 5.41. The van der Waals surface area contributed by atoms with E-state index in [4.69, 9.17) is 0 Å². The van der Waals surface area contributed by atoms with E-state index in [0.717, 1.165) is 18.1 Å². The van der Waals surface area contributed by atoms with Crippen LogP contribution in [0.15, 0.2) is 0 Å². The number of nitrogens with one attached hydrogen (secondary N) is 2. The quantitative estimate of drug-likeness (QED) is 0.768. The minimum atomic E-state index is -0.0359. The van der Waals surface area contributed by atoms with Gasteiger partial charge in [0.2, 0.25) is 5.91 Å². The fourth-order valence-electron chi connectivity index (χ4n) is 2.29. The van der Waals surface area contributed by atoms with Crippen LogP contribution in [-0.4, -0.2) is 35.5 Å². The predicted molar refractivity (Wildman–Crippen MR) is 68.7 cm³/mol. The average molecular weight is 242 g/mol. The molecule has 0 heterocycles. The molecular weight excluding hydrogens is 220 g/mol. The maximum Gasteiger partial charge on any atom is 0.237 e. The summed E-state index contributed by atoms with van der Waals surface area (Å²) in [5, 5.41) is 7.28. The van der Waals surface area contributed by atoms with Crippen molar-refractivity contribution in [1.82, 2.24) is 10.6 Å². The summed E-state index contributed by atoms with van der Waals surface area (Å²) in [6.07, 6.45) is 8.22. The Labute approximate surface area is 102 Å². The van der Waals surface area contributed by atoms with Gasteiger partial charge in [0.1, 0.15) is 0 Å². The van der Waals surface area contributed by atoms with Crippen LogP contribution < -0.4 is 10.6 Å². The van der Waals surface area contributed by atoms with E-state index in [1.54, 1.807) is 0 Å². The van der Waals surface area contributed by atoms with Gasteiger partial charge >= 0.3 is 0 Å². The predicted octanol–water partition coefficient (Wildman–Crippen LogP) is 1.53. The van der Waals surface area contributed by atoms with Gasteiger partial charge in [0.25, 0.3) is 0 Å². The van der Waals surface area contributed by atoms with Crippen molar-refractivity contribution in [1.29, 1.82) is 0 Å². The number of hydrogen-bond acceptors (Lipinski definition) is 3. The van der Waals surface area contributed by atoms with Crippen LogP contribution in [0.1, 0.15) is 39.0 Å². The molecule has 2 aliphatic carbocycles. The van der Waals surface area contributed by atoms with Gasteiger partial charge in [-0.25, -0.2) is 0 Å². The number of hydrogen-bond donors (Lipinski definition) is 2. The Balaban J connectivity index is 1.69. The van der Waals surface area contributed by atoms with Crippen molar-refractivity contribution in [3.05, 3.63) is 0 Å². The summed E-state index contributed by atoms with van der Waals surface area (Å²) in [6.45, 7) is 1.98. The molecule has 0 aromatic rings. The summed E-state index contributed by atoms with van der Waals surface area (Å²) >= 11 is 1.95. The first-order chi connectivity index (χ1) is 7.69. The fourth-order valence-corrected chi connectivity index (χ4v) is 3.09. The molecule has 3 atom stereocenters. The minimum Gasteiger partial charge on any atom is -0.352 e. The van der Waals surface area contributed by atoms with Gasteiger partial charge in [-0.3, -0.25) is 4.79 Å². The Morgan fingerprint density at radius 3 is 2.50 bits per heavy atom. The van der Waals surface area contributed by atoms with Crippen molar-refractivity contribution in [3.8, 4) is 0 Å². The summed E-state index contributed by atoms with van der Waals surface area (Å²) < 4.78 is 0. The first-order valence-corrected chi connectivity index (χ1v) is 7.57. The van der Waals surface area contributed by atoms with Gasteiger partial charge in [0, 0.05) is 17.3 Å². The molecule has 0 spiro atoms. The smallest absolute Gasteiger partial charge is 0.237 e. The SMILES string of the molecule is CSC1CCC(NC(C)C(=O)NC2CC2)C1. The zero-order chi connectivity index (χ0) is 11.5. The molecule has 0 aromatic carbocycles. The van der Waals surface area contributed by atoms with E-state index in [2.05, 4.69) is 16.9 Å². The molecule has 0 saturated heterocycles. The lowest BCUT2D eigenvalue weighted by atomic mass is 10.2. The maximum absolute atomic E-state index is 11.8. The third-order valence-electron chi connectivity index (χ3n) is 3.52. The molecule has 1 amide bonds. The van der Waals surface area contributed by atoms with E-state index >= 15 is 0 Å². The largest absolute Gasteiger partial charge is 0.352 e. The monoisotopic (exact) mass is 242 g/mol. The Bertz CT molecular complexity index is 255. The standard InChI is InChI=1S/C12H22N2OS/c1-8(12(15)14-9-3-4-9)13-10-5-6-11(7-10)16-2/h8-11,13H,3-7H2,1-2H3,(H,14,15). The van der Waals surface area contributed by atoms with Crippen LogP contribution in [-0.2, 0) is 4.79 Å². The van der Waals surface area contributed by atoms with E-state index in [-0.39, 0.29) is 11.9 Å². The zero-order valence-corrected chi connectivity index (χ0v) is 11.0. The lowest BCUT2D eigenvalue weighted by Gasteiger charge is -2.19. The summed E-state index contributed by atoms with van der Waals surface area (Å²) in [5.41, 5.74) is 0. The summed E-state index contributed by atoms with van der Waals surface area (Å²) in [5.74, 6) is 0.176. The topological polar surface area (TPSA) is 41.1 Å². The average Bonchev–Trinajstić information content (AvgIpc) is 2.96. The Hall–Kier alpha value is -0.220. The zero-order valence-electron chi connectivity index (χ0n) is 10.2. The van der Waals surface area contributed by atoms with Gasteiger partial charge in [-0.2, -0.15) is 11.8 Å². The van der Waals surface area contributed by atoms with E-state index in [1.165, 1.54) is 19.3 Å². The summed E-state index contributed by atoms with van der Waals surface area (Å²) in [7, 11) is 0. The Morgan fingerprint density at radius 1 is 1.25 bits per heavy atom. The minimum absolute atomic E-state index is 0.0359. The van der Waals surface area contributed by atoms with E-state index in [0.29, 0.717) is 12.1 Å². The molecule has 3 unspecified atom stereocenters. The van der Waals surface area contributed by atoms with Crippen molar-refractivity contribution in [3.63, 3.8) is 0 Å². The van der Waals surface area contributed by atoms with E-state index in [9.17, 15) is 4.79 Å². The van der Waals surface area contributed by atoms with Crippen LogP contribution in [0.3, 0.4) is 0 Å². The van der Waals surface area contributed by atoms with Crippen LogP contribution in [0.2, 0.25) is 0 Å². The second-order valence-electron chi connectivity index (χ2n) is 5.04. The highest BCUT2D eigenvalue weighted by atomic mass is 32.2. The number of amides is 1. The van der Waals surface area contributed by atoms with Gasteiger partial charge < -0.3 is 10.6 Å². The molecule has 16 heavy (non-hydrogen) atoms. The second-order valence-corrected chi connectivity index (χ2v) is 6.18. The van der Waals surface area contributed by atoms with E-state index in [1.807, 2.05) is 18.7 Å². The molecule has 2 fully saturated rings. The molecule has 2 aliphatic rings. The lowest BCUT2D eigenvalue weighted by Crippen LogP contribution is -2.46. The Kier molecular flexibility index (Phi) is 4.14. The van der Waals surface area contributed by atoms with Gasteiger partial charge in [0.05, 0.1) is 6.04 Å². The van der Waals surface area contributed by atoms with Gasteiger partial charge in [-0.05, 0) is 45.3 Å². The molecule has 2 rings (SSSR count). The molecule has 0 bridgehead atoms. The Morgan fingerprint density at radius 2 is 1.94 bits per heavy atom. The van der Waals surface area contributed by atoms with Crippen LogP contribution >= 0.6 is 11.8 Å². The highest BCUT2D eigenvalue weighted by Crippen LogP contribution is 2.28. The van der Waals surface area contributed by atoms with Crippen molar-refractivity contribution in [2.75, 3.05) is 6.26 Å². The van der Waals surface area contributed by atoms with Crippen molar-refractivity contribution >= 4 is 17.7 Å². The van der Waals surface area contributed by atoms with Crippen LogP contribution in [0, 0.1) is 0 Å². The molecule has 2 N–H and O–H groups in total. The third-order valence-corrected chi connectivity index (χ3v) is 4.62. The van der Waals surface area contributed by atoms with Gasteiger partial charge in [-0.1, -0.05) is 0 Å². The molecule has 2 saturated carbocycles. The molecule has 0 radical (unpaired) electrons. The molecule has 3 nitrogen and oxygen atoms in total.